The fourth-order valence-electron chi connectivity index (χ4n) is 2.42. The monoisotopic (exact) mass is 299 g/mol. The van der Waals surface area contributed by atoms with E-state index in [1.165, 1.54) is 4.57 Å². The lowest BCUT2D eigenvalue weighted by Crippen LogP contribution is -2.33. The molecule has 1 saturated heterocycles. The molecule has 1 aromatic heterocycles. The molecule has 0 amide bonds. The Bertz CT molecular complexity index is 647. The van der Waals surface area contributed by atoms with Crippen molar-refractivity contribution in [2.24, 2.45) is 0 Å². The highest BCUT2D eigenvalue weighted by Crippen LogP contribution is 2.35. The number of ether oxygens (including phenoxy) is 1. The van der Waals surface area contributed by atoms with Gasteiger partial charge in [0.25, 0.3) is 0 Å². The van der Waals surface area contributed by atoms with Crippen molar-refractivity contribution in [3.05, 3.63) is 23.5 Å². The summed E-state index contributed by atoms with van der Waals surface area (Å²) >= 11 is 6.08. The van der Waals surface area contributed by atoms with Gasteiger partial charge in [0.2, 0.25) is 5.28 Å². The van der Waals surface area contributed by atoms with Crippen LogP contribution in [0.15, 0.2) is 18.2 Å². The lowest BCUT2D eigenvalue weighted by atomic mass is 10.1. The van der Waals surface area contributed by atoms with E-state index in [1.807, 2.05) is 0 Å². The zero-order valence-corrected chi connectivity index (χ0v) is 11.1. The van der Waals surface area contributed by atoms with Crippen LogP contribution in [0.2, 0.25) is 5.28 Å². The predicted molar refractivity (Wildman–Crippen MR) is 72.2 cm³/mol. The Labute approximate surface area is 119 Å². The number of hydrogen-bond acceptors (Lipinski definition) is 6. The van der Waals surface area contributed by atoms with Crippen LogP contribution >= 0.6 is 11.6 Å². The van der Waals surface area contributed by atoms with Gasteiger partial charge in [-0.3, -0.25) is 4.57 Å². The molecule has 108 valence electrons. The molecule has 4 atom stereocenters. The highest BCUT2D eigenvalue weighted by Gasteiger charge is 2.44. The van der Waals surface area contributed by atoms with Crippen LogP contribution in [0.1, 0.15) is 6.23 Å². The third kappa shape index (κ3) is 1.95. The Kier molecular flexibility index (Phi) is 3.31. The Morgan fingerprint density at radius 2 is 2.10 bits per heavy atom. The molecule has 0 spiro atoms. The lowest BCUT2D eigenvalue weighted by Gasteiger charge is -2.18. The summed E-state index contributed by atoms with van der Waals surface area (Å²) in [6.45, 7) is -0.397. The number of anilines is 1. The van der Waals surface area contributed by atoms with Crippen molar-refractivity contribution in [3.63, 3.8) is 0 Å². The Morgan fingerprint density at radius 3 is 2.75 bits per heavy atom. The molecule has 0 aliphatic carbocycles. The molecule has 20 heavy (non-hydrogen) atoms. The van der Waals surface area contributed by atoms with Gasteiger partial charge in [0.05, 0.1) is 17.6 Å². The summed E-state index contributed by atoms with van der Waals surface area (Å²) in [7, 11) is 0. The molecule has 2 aromatic rings. The number of benzene rings is 1. The Hall–Kier alpha value is -1.38. The van der Waals surface area contributed by atoms with E-state index in [2.05, 4.69) is 4.98 Å². The summed E-state index contributed by atoms with van der Waals surface area (Å²) < 4.78 is 6.93. The van der Waals surface area contributed by atoms with Crippen molar-refractivity contribution in [2.45, 2.75) is 24.5 Å². The number of halogens is 1. The van der Waals surface area contributed by atoms with Gasteiger partial charge >= 0.3 is 0 Å². The summed E-state index contributed by atoms with van der Waals surface area (Å²) in [6, 6.07) is 5.04. The number of hydrogen-bond donors (Lipinski definition) is 4. The summed E-state index contributed by atoms with van der Waals surface area (Å²) in [6.07, 6.45) is -4.17. The molecular formula is C12H14ClN3O4. The second kappa shape index (κ2) is 4.87. The fraction of sp³-hybridized carbons (Fsp3) is 0.417. The maximum atomic E-state index is 10.1. The van der Waals surface area contributed by atoms with E-state index in [-0.39, 0.29) is 5.28 Å². The molecule has 0 bridgehead atoms. The van der Waals surface area contributed by atoms with E-state index in [9.17, 15) is 10.2 Å². The molecule has 1 fully saturated rings. The highest BCUT2D eigenvalue weighted by atomic mass is 35.5. The van der Waals surface area contributed by atoms with Gasteiger partial charge < -0.3 is 25.8 Å². The van der Waals surface area contributed by atoms with Crippen LogP contribution in [0.4, 0.5) is 5.69 Å². The highest BCUT2D eigenvalue weighted by molar-refractivity contribution is 6.29. The first-order chi connectivity index (χ1) is 9.52. The first-order valence-corrected chi connectivity index (χ1v) is 6.46. The molecular weight excluding hydrogens is 286 g/mol. The maximum Gasteiger partial charge on any atom is 0.206 e. The number of aliphatic hydroxyl groups is 3. The molecule has 7 nitrogen and oxygen atoms in total. The Morgan fingerprint density at radius 1 is 1.35 bits per heavy atom. The van der Waals surface area contributed by atoms with Crippen LogP contribution in [0.3, 0.4) is 0 Å². The molecule has 1 unspecified atom stereocenters. The molecule has 1 aromatic carbocycles. The van der Waals surface area contributed by atoms with E-state index in [4.69, 9.17) is 27.2 Å². The van der Waals surface area contributed by atoms with Gasteiger partial charge in [-0.2, -0.15) is 0 Å². The van der Waals surface area contributed by atoms with Gasteiger partial charge in [-0.05, 0) is 29.8 Å². The standard InChI is InChI=1S/C12H14ClN3O4/c13-12-15-6-3-5(14)1-2-7(6)16(12)11-10(19)9(18)8(4-17)20-11/h1-3,8-11,17-19H,4,14H2/t8-,9-,10-,11?/m1/s1. The molecule has 0 radical (unpaired) electrons. The average Bonchev–Trinajstić information content (AvgIpc) is 2.87. The fourth-order valence-corrected chi connectivity index (χ4v) is 2.70. The molecule has 8 heteroatoms. The van der Waals surface area contributed by atoms with Crippen molar-refractivity contribution in [1.29, 1.82) is 0 Å². The number of rotatable bonds is 2. The number of aliphatic hydroxyl groups excluding tert-OH is 3. The van der Waals surface area contributed by atoms with Gasteiger partial charge in [-0.25, -0.2) is 4.98 Å². The number of fused-ring (bicyclic) bond motifs is 1. The minimum Gasteiger partial charge on any atom is -0.399 e. The first kappa shape index (κ1) is 13.6. The predicted octanol–water partition coefficient (Wildman–Crippen LogP) is -0.117. The average molecular weight is 300 g/mol. The smallest absolute Gasteiger partial charge is 0.206 e. The van der Waals surface area contributed by atoms with Crippen molar-refractivity contribution in [1.82, 2.24) is 9.55 Å². The quantitative estimate of drug-likeness (QED) is 0.575. The van der Waals surface area contributed by atoms with Crippen LogP contribution < -0.4 is 5.73 Å². The van der Waals surface area contributed by atoms with Crippen LogP contribution in [-0.4, -0.2) is 49.8 Å². The van der Waals surface area contributed by atoms with E-state index in [0.29, 0.717) is 16.7 Å². The number of nitrogen functional groups attached to an aromatic ring is 1. The second-order valence-electron chi connectivity index (χ2n) is 4.73. The van der Waals surface area contributed by atoms with Gasteiger partial charge in [0.1, 0.15) is 18.3 Å². The number of imidazole rings is 1. The van der Waals surface area contributed by atoms with Crippen molar-refractivity contribution in [3.8, 4) is 0 Å². The second-order valence-corrected chi connectivity index (χ2v) is 5.07. The van der Waals surface area contributed by atoms with Crippen molar-refractivity contribution < 1.29 is 20.1 Å². The van der Waals surface area contributed by atoms with E-state index >= 15 is 0 Å². The largest absolute Gasteiger partial charge is 0.399 e. The van der Waals surface area contributed by atoms with E-state index < -0.39 is 31.1 Å². The topological polar surface area (TPSA) is 114 Å². The number of nitrogens with two attached hydrogens (primary N) is 1. The minimum atomic E-state index is -1.21. The van der Waals surface area contributed by atoms with Crippen molar-refractivity contribution >= 4 is 28.3 Å². The van der Waals surface area contributed by atoms with E-state index in [1.54, 1.807) is 18.2 Å². The van der Waals surface area contributed by atoms with E-state index in [0.717, 1.165) is 0 Å². The van der Waals surface area contributed by atoms with Gasteiger partial charge in [0.15, 0.2) is 6.23 Å². The maximum absolute atomic E-state index is 10.1. The van der Waals surface area contributed by atoms with Gasteiger partial charge in [-0.1, -0.05) is 0 Å². The normalized spacial score (nSPS) is 30.2. The van der Waals surface area contributed by atoms with Gasteiger partial charge in [0, 0.05) is 5.69 Å². The number of aromatic nitrogens is 2. The van der Waals surface area contributed by atoms with Crippen LogP contribution in [0, 0.1) is 0 Å². The number of nitrogens with zero attached hydrogens (tertiary/aromatic N) is 2. The van der Waals surface area contributed by atoms with Crippen LogP contribution in [0.25, 0.3) is 11.0 Å². The molecule has 0 saturated carbocycles. The molecule has 3 rings (SSSR count). The minimum absolute atomic E-state index is 0.112. The summed E-state index contributed by atoms with van der Waals surface area (Å²) in [5.74, 6) is 0. The zero-order chi connectivity index (χ0) is 14.4. The summed E-state index contributed by atoms with van der Waals surface area (Å²) in [5.41, 5.74) is 7.41. The lowest BCUT2D eigenvalue weighted by molar-refractivity contribution is -0.0507. The van der Waals surface area contributed by atoms with Gasteiger partial charge in [-0.15, -0.1) is 0 Å². The zero-order valence-electron chi connectivity index (χ0n) is 10.3. The summed E-state index contributed by atoms with van der Waals surface area (Å²) in [4.78, 5) is 4.14. The molecule has 1 aliphatic rings. The first-order valence-electron chi connectivity index (χ1n) is 6.08. The third-order valence-electron chi connectivity index (χ3n) is 3.44. The van der Waals surface area contributed by atoms with Crippen molar-refractivity contribution in [2.75, 3.05) is 12.3 Å². The van der Waals surface area contributed by atoms with Crippen LogP contribution in [0.5, 0.6) is 0 Å². The third-order valence-corrected chi connectivity index (χ3v) is 3.71. The SMILES string of the molecule is Nc1ccc2c(c1)nc(Cl)n2C1O[C@H](CO)[C@@H](O)[C@H]1O. The Balaban J connectivity index is 2.08. The molecule has 5 N–H and O–H groups in total. The summed E-state index contributed by atoms with van der Waals surface area (Å²) in [5, 5.41) is 29.1. The van der Waals surface area contributed by atoms with Crippen LogP contribution in [-0.2, 0) is 4.74 Å². The molecule has 2 heterocycles. The molecule has 1 aliphatic heterocycles.